The van der Waals surface area contributed by atoms with Gasteiger partial charge in [0.1, 0.15) is 0 Å². The Morgan fingerprint density at radius 1 is 1.17 bits per heavy atom. The average Bonchev–Trinajstić information content (AvgIpc) is 2.72. The quantitative estimate of drug-likeness (QED) is 0.133. The van der Waals surface area contributed by atoms with Crippen molar-refractivity contribution in [3.63, 3.8) is 0 Å². The van der Waals surface area contributed by atoms with Crippen LogP contribution in [-0.2, 0) is 14.3 Å². The van der Waals surface area contributed by atoms with Gasteiger partial charge in [0, 0.05) is 44.6 Å². The molecule has 0 saturated heterocycles. The molecule has 30 heavy (non-hydrogen) atoms. The Bertz CT molecular complexity index is 697. The van der Waals surface area contributed by atoms with Crippen LogP contribution in [0.15, 0.2) is 29.3 Å². The van der Waals surface area contributed by atoms with Crippen LogP contribution in [0.1, 0.15) is 63.4 Å². The van der Waals surface area contributed by atoms with Crippen molar-refractivity contribution in [2.45, 2.75) is 57.8 Å². The molecule has 0 bridgehead atoms. The Labute approximate surface area is 196 Å². The molecule has 0 aromatic heterocycles. The van der Waals surface area contributed by atoms with Crippen LogP contribution in [0, 0.1) is 0 Å². The number of aliphatic imine (C=N–C) groups is 1. The van der Waals surface area contributed by atoms with Crippen LogP contribution in [-0.4, -0.2) is 44.6 Å². The molecule has 2 rings (SSSR count). The van der Waals surface area contributed by atoms with E-state index in [4.69, 9.17) is 4.74 Å². The van der Waals surface area contributed by atoms with Crippen molar-refractivity contribution >= 4 is 47.5 Å². The predicted molar refractivity (Wildman–Crippen MR) is 132 cm³/mol. The highest BCUT2D eigenvalue weighted by atomic mass is 127. The van der Waals surface area contributed by atoms with E-state index in [9.17, 15) is 9.59 Å². The Kier molecular flexibility index (Phi) is 13.1. The highest BCUT2D eigenvalue weighted by Crippen LogP contribution is 2.31. The van der Waals surface area contributed by atoms with Crippen LogP contribution in [0.25, 0.3) is 0 Å². The van der Waals surface area contributed by atoms with Crippen LogP contribution in [0.3, 0.4) is 0 Å². The minimum Gasteiger partial charge on any atom is -0.466 e. The molecule has 168 valence electrons. The zero-order valence-electron chi connectivity index (χ0n) is 18.0. The fraction of sp³-hybridized carbons (Fsp3) is 0.591. The van der Waals surface area contributed by atoms with E-state index in [0.29, 0.717) is 26.0 Å². The van der Waals surface area contributed by atoms with Crippen molar-refractivity contribution < 1.29 is 14.3 Å². The Morgan fingerprint density at radius 3 is 2.67 bits per heavy atom. The molecule has 1 aliphatic heterocycles. The molecule has 0 saturated carbocycles. The van der Waals surface area contributed by atoms with E-state index < -0.39 is 0 Å². The zero-order valence-corrected chi connectivity index (χ0v) is 20.4. The average molecular weight is 530 g/mol. The minimum atomic E-state index is -0.0953. The van der Waals surface area contributed by atoms with Gasteiger partial charge in [0.15, 0.2) is 5.96 Å². The second-order valence-electron chi connectivity index (χ2n) is 7.24. The van der Waals surface area contributed by atoms with Gasteiger partial charge in [0.05, 0.1) is 6.61 Å². The SMILES string of the molecule is CCOC(=O)CCCCCCCNC(=NC)NCC1CC(=O)Nc2ccccc21.I. The number of rotatable bonds is 11. The van der Waals surface area contributed by atoms with Gasteiger partial charge in [-0.1, -0.05) is 37.5 Å². The summed E-state index contributed by atoms with van der Waals surface area (Å²) in [5.74, 6) is 0.859. The van der Waals surface area contributed by atoms with Gasteiger partial charge in [-0.05, 0) is 31.4 Å². The zero-order chi connectivity index (χ0) is 20.9. The van der Waals surface area contributed by atoms with Gasteiger partial charge >= 0.3 is 5.97 Å². The first-order valence-corrected chi connectivity index (χ1v) is 10.6. The molecule has 1 unspecified atom stereocenters. The normalized spacial score (nSPS) is 15.5. The summed E-state index contributed by atoms with van der Waals surface area (Å²) < 4.78 is 4.93. The number of halogens is 1. The molecule has 0 spiro atoms. The highest BCUT2D eigenvalue weighted by molar-refractivity contribution is 14.0. The topological polar surface area (TPSA) is 91.8 Å². The van der Waals surface area contributed by atoms with E-state index >= 15 is 0 Å². The Hall–Kier alpha value is -1.84. The minimum absolute atomic E-state index is 0. The number of nitrogens with one attached hydrogen (secondary N) is 3. The lowest BCUT2D eigenvalue weighted by atomic mass is 9.90. The number of carbonyl (C=O) groups excluding carboxylic acids is 2. The molecule has 8 heteroatoms. The number of fused-ring (bicyclic) bond motifs is 1. The summed E-state index contributed by atoms with van der Waals surface area (Å²) >= 11 is 0. The number of esters is 1. The van der Waals surface area contributed by atoms with Gasteiger partial charge in [-0.15, -0.1) is 24.0 Å². The molecule has 0 radical (unpaired) electrons. The van der Waals surface area contributed by atoms with Crippen molar-refractivity contribution in [2.24, 2.45) is 4.99 Å². The molecule has 1 aromatic rings. The molecule has 1 atom stereocenters. The highest BCUT2D eigenvalue weighted by Gasteiger charge is 2.24. The molecule has 0 fully saturated rings. The smallest absolute Gasteiger partial charge is 0.305 e. The maximum Gasteiger partial charge on any atom is 0.305 e. The summed E-state index contributed by atoms with van der Waals surface area (Å²) in [6.45, 7) is 3.80. The van der Waals surface area contributed by atoms with Gasteiger partial charge in [-0.3, -0.25) is 14.6 Å². The van der Waals surface area contributed by atoms with Gasteiger partial charge in [0.2, 0.25) is 5.91 Å². The molecular formula is C22H35IN4O3. The number of anilines is 1. The summed E-state index contributed by atoms with van der Waals surface area (Å²) in [5.41, 5.74) is 2.07. The number of ether oxygens (including phenoxy) is 1. The second-order valence-corrected chi connectivity index (χ2v) is 7.24. The Morgan fingerprint density at radius 2 is 1.90 bits per heavy atom. The van der Waals surface area contributed by atoms with E-state index in [2.05, 4.69) is 27.0 Å². The predicted octanol–water partition coefficient (Wildman–Crippen LogP) is 3.80. The fourth-order valence-electron chi connectivity index (χ4n) is 3.49. The van der Waals surface area contributed by atoms with Gasteiger partial charge in [-0.2, -0.15) is 0 Å². The number of amides is 1. The number of carbonyl (C=O) groups is 2. The van der Waals surface area contributed by atoms with Gasteiger partial charge in [-0.25, -0.2) is 0 Å². The third-order valence-corrected chi connectivity index (χ3v) is 5.00. The number of guanidine groups is 1. The summed E-state index contributed by atoms with van der Waals surface area (Å²) in [6, 6.07) is 7.95. The van der Waals surface area contributed by atoms with Gasteiger partial charge in [0.25, 0.3) is 0 Å². The van der Waals surface area contributed by atoms with Crippen molar-refractivity contribution in [1.82, 2.24) is 10.6 Å². The van der Waals surface area contributed by atoms with Crippen LogP contribution in [0.2, 0.25) is 0 Å². The van der Waals surface area contributed by atoms with Crippen molar-refractivity contribution in [3.05, 3.63) is 29.8 Å². The fourth-order valence-corrected chi connectivity index (χ4v) is 3.49. The largest absolute Gasteiger partial charge is 0.466 e. The lowest BCUT2D eigenvalue weighted by Crippen LogP contribution is -2.41. The number of para-hydroxylation sites is 1. The van der Waals surface area contributed by atoms with E-state index in [1.165, 1.54) is 0 Å². The van der Waals surface area contributed by atoms with E-state index in [1.807, 2.05) is 25.1 Å². The molecule has 1 aromatic carbocycles. The summed E-state index contributed by atoms with van der Waals surface area (Å²) in [7, 11) is 1.76. The van der Waals surface area contributed by atoms with Crippen molar-refractivity contribution in [2.75, 3.05) is 32.1 Å². The van der Waals surface area contributed by atoms with Crippen LogP contribution >= 0.6 is 24.0 Å². The van der Waals surface area contributed by atoms with E-state index in [-0.39, 0.29) is 41.8 Å². The van der Waals surface area contributed by atoms with Crippen LogP contribution in [0.4, 0.5) is 5.69 Å². The monoisotopic (exact) mass is 530 g/mol. The first-order chi connectivity index (χ1) is 14.1. The van der Waals surface area contributed by atoms with Crippen LogP contribution in [0.5, 0.6) is 0 Å². The van der Waals surface area contributed by atoms with Crippen molar-refractivity contribution in [3.8, 4) is 0 Å². The number of unbranched alkanes of at least 4 members (excludes halogenated alkanes) is 4. The molecule has 1 aliphatic rings. The Balaban J connectivity index is 0.00000450. The standard InChI is InChI=1S/C22H34N4O3.HI/c1-3-29-21(28)13-7-5-4-6-10-14-24-22(23-2)25-16-17-15-20(27)26-19-12-9-8-11-18(17)19;/h8-9,11-12,17H,3-7,10,13-16H2,1-2H3,(H,26,27)(H2,23,24,25);1H. The first-order valence-electron chi connectivity index (χ1n) is 10.6. The maximum absolute atomic E-state index is 11.9. The number of benzene rings is 1. The van der Waals surface area contributed by atoms with Crippen molar-refractivity contribution in [1.29, 1.82) is 0 Å². The third kappa shape index (κ3) is 9.32. The molecule has 3 N–H and O–H groups in total. The first kappa shape index (κ1) is 26.2. The summed E-state index contributed by atoms with van der Waals surface area (Å²) in [4.78, 5) is 27.5. The third-order valence-electron chi connectivity index (χ3n) is 5.00. The molecule has 1 heterocycles. The van der Waals surface area contributed by atoms with E-state index in [0.717, 1.165) is 55.9 Å². The molecule has 7 nitrogen and oxygen atoms in total. The molecule has 1 amide bonds. The second kappa shape index (κ2) is 15.0. The lowest BCUT2D eigenvalue weighted by Gasteiger charge is -2.26. The molecular weight excluding hydrogens is 495 g/mol. The van der Waals surface area contributed by atoms with Gasteiger partial charge < -0.3 is 20.7 Å². The summed E-state index contributed by atoms with van der Waals surface area (Å²) in [6.07, 6.45) is 6.22. The number of hydrogen-bond donors (Lipinski definition) is 3. The summed E-state index contributed by atoms with van der Waals surface area (Å²) in [5, 5.41) is 9.61. The maximum atomic E-state index is 11.9. The molecule has 0 aliphatic carbocycles. The van der Waals surface area contributed by atoms with E-state index in [1.54, 1.807) is 7.05 Å². The van der Waals surface area contributed by atoms with Crippen LogP contribution < -0.4 is 16.0 Å². The number of hydrogen-bond acceptors (Lipinski definition) is 4. The lowest BCUT2D eigenvalue weighted by molar-refractivity contribution is -0.143. The number of nitrogens with zero attached hydrogens (tertiary/aromatic N) is 1.